The Morgan fingerprint density at radius 1 is 1.05 bits per heavy atom. The molecule has 0 aromatic heterocycles. The molecule has 0 unspecified atom stereocenters. The molecule has 0 saturated carbocycles. The van der Waals surface area contributed by atoms with Crippen molar-refractivity contribution in [3.63, 3.8) is 0 Å². The lowest BCUT2D eigenvalue weighted by atomic mass is 9.87. The Bertz CT molecular complexity index is 526. The molecule has 4 nitrogen and oxygen atoms in total. The maximum atomic E-state index is 10.2. The second kappa shape index (κ2) is 6.49. The molecular formula is C17H26O4S. The highest BCUT2D eigenvalue weighted by Gasteiger charge is 2.42. The van der Waals surface area contributed by atoms with Gasteiger partial charge in [-0.25, -0.2) is 0 Å². The molecule has 5 heteroatoms. The molecule has 0 spiro atoms. The summed E-state index contributed by atoms with van der Waals surface area (Å²) in [6.45, 7) is 10.2. The zero-order valence-corrected chi connectivity index (χ0v) is 14.6. The lowest BCUT2D eigenvalue weighted by Crippen LogP contribution is -2.55. The van der Waals surface area contributed by atoms with Crippen LogP contribution in [0.4, 0.5) is 0 Å². The number of thioether (sulfide) groups is 1. The normalized spacial score (nSPS) is 33.0. The van der Waals surface area contributed by atoms with E-state index in [2.05, 4.69) is 39.0 Å². The van der Waals surface area contributed by atoms with Crippen molar-refractivity contribution >= 4 is 11.8 Å². The van der Waals surface area contributed by atoms with Crippen LogP contribution in [0.5, 0.6) is 0 Å². The van der Waals surface area contributed by atoms with Crippen molar-refractivity contribution in [2.24, 2.45) is 0 Å². The van der Waals surface area contributed by atoms with Crippen LogP contribution >= 0.6 is 11.8 Å². The molecule has 1 aromatic carbocycles. The molecule has 124 valence electrons. The number of hydrogen-bond donors (Lipinski definition) is 3. The molecule has 1 aliphatic heterocycles. The minimum Gasteiger partial charge on any atom is -0.388 e. The minimum atomic E-state index is -1.19. The van der Waals surface area contributed by atoms with Crippen molar-refractivity contribution in [3.05, 3.63) is 29.3 Å². The average Bonchev–Trinajstić information content (AvgIpc) is 2.43. The van der Waals surface area contributed by atoms with Gasteiger partial charge in [-0.05, 0) is 36.5 Å². The molecule has 5 atom stereocenters. The van der Waals surface area contributed by atoms with Gasteiger partial charge in [-0.1, -0.05) is 44.7 Å². The zero-order valence-electron chi connectivity index (χ0n) is 13.8. The number of aliphatic hydroxyl groups excluding tert-OH is 3. The van der Waals surface area contributed by atoms with Crippen LogP contribution in [0.15, 0.2) is 23.1 Å². The summed E-state index contributed by atoms with van der Waals surface area (Å²) in [5, 5.41) is 29.8. The lowest BCUT2D eigenvalue weighted by molar-refractivity contribution is -0.192. The maximum Gasteiger partial charge on any atom is 0.136 e. The third-order valence-corrected chi connectivity index (χ3v) is 5.42. The Labute approximate surface area is 136 Å². The van der Waals surface area contributed by atoms with Gasteiger partial charge in [0.05, 0.1) is 6.10 Å². The van der Waals surface area contributed by atoms with Crippen LogP contribution in [-0.2, 0) is 10.2 Å². The van der Waals surface area contributed by atoms with E-state index in [4.69, 9.17) is 4.74 Å². The van der Waals surface area contributed by atoms with Crippen molar-refractivity contribution in [1.82, 2.24) is 0 Å². The number of benzene rings is 1. The fourth-order valence-corrected chi connectivity index (χ4v) is 3.66. The third-order valence-electron chi connectivity index (χ3n) is 4.11. The molecule has 0 bridgehead atoms. The van der Waals surface area contributed by atoms with Gasteiger partial charge in [-0.15, -0.1) is 0 Å². The molecule has 0 radical (unpaired) electrons. The SMILES string of the molecule is Cc1ccc(C(C)(C)C)cc1S[C@@H]1O[C@@H](C)[C@H](O)[C@@H](O)[C@H]1O. The Morgan fingerprint density at radius 2 is 1.68 bits per heavy atom. The summed E-state index contributed by atoms with van der Waals surface area (Å²) in [7, 11) is 0. The van der Waals surface area contributed by atoms with Crippen LogP contribution in [0.1, 0.15) is 38.8 Å². The first-order chi connectivity index (χ1) is 10.1. The highest BCUT2D eigenvalue weighted by molar-refractivity contribution is 7.99. The smallest absolute Gasteiger partial charge is 0.136 e. The number of aryl methyl sites for hydroxylation is 1. The van der Waals surface area contributed by atoms with Crippen molar-refractivity contribution < 1.29 is 20.1 Å². The summed E-state index contributed by atoms with van der Waals surface area (Å²) in [5.41, 5.74) is 1.75. The highest BCUT2D eigenvalue weighted by atomic mass is 32.2. The minimum absolute atomic E-state index is 0.0397. The lowest BCUT2D eigenvalue weighted by Gasteiger charge is -2.39. The number of ether oxygens (including phenoxy) is 1. The van der Waals surface area contributed by atoms with Gasteiger partial charge in [0.1, 0.15) is 23.7 Å². The predicted molar refractivity (Wildman–Crippen MR) is 88.1 cm³/mol. The predicted octanol–water partition coefficient (Wildman–Crippen LogP) is 2.21. The number of aliphatic hydroxyl groups is 3. The Hall–Kier alpha value is -0.590. The first-order valence-electron chi connectivity index (χ1n) is 7.58. The van der Waals surface area contributed by atoms with Crippen LogP contribution in [-0.4, -0.2) is 45.2 Å². The van der Waals surface area contributed by atoms with Crippen LogP contribution in [0, 0.1) is 6.92 Å². The van der Waals surface area contributed by atoms with Crippen LogP contribution in [0.2, 0.25) is 0 Å². The molecular weight excluding hydrogens is 300 g/mol. The first-order valence-corrected chi connectivity index (χ1v) is 8.46. The van der Waals surface area contributed by atoms with Crippen LogP contribution in [0.3, 0.4) is 0 Å². The number of hydrogen-bond acceptors (Lipinski definition) is 5. The standard InChI is InChI=1S/C17H26O4S/c1-9-6-7-11(17(3,4)5)8-12(9)22-16-15(20)14(19)13(18)10(2)21-16/h6-8,10,13-16,18-20H,1-5H3/t10-,13-,14+,15+,16-/m0/s1. The Morgan fingerprint density at radius 3 is 2.27 bits per heavy atom. The van der Waals surface area contributed by atoms with E-state index in [9.17, 15) is 15.3 Å². The van der Waals surface area contributed by atoms with Crippen LogP contribution < -0.4 is 0 Å². The van der Waals surface area contributed by atoms with Gasteiger partial charge in [-0.3, -0.25) is 0 Å². The molecule has 1 heterocycles. The van der Waals surface area contributed by atoms with E-state index in [1.165, 1.54) is 17.3 Å². The van der Waals surface area contributed by atoms with Gasteiger partial charge >= 0.3 is 0 Å². The van der Waals surface area contributed by atoms with E-state index >= 15 is 0 Å². The molecule has 22 heavy (non-hydrogen) atoms. The molecule has 1 aliphatic rings. The monoisotopic (exact) mass is 326 g/mol. The van der Waals surface area contributed by atoms with E-state index in [1.54, 1.807) is 6.92 Å². The summed E-state index contributed by atoms with van der Waals surface area (Å²) < 4.78 is 5.67. The maximum absolute atomic E-state index is 10.2. The van der Waals surface area contributed by atoms with Gasteiger partial charge in [0.15, 0.2) is 0 Å². The van der Waals surface area contributed by atoms with E-state index in [1.807, 2.05) is 6.92 Å². The molecule has 2 rings (SSSR count). The molecule has 0 amide bonds. The average molecular weight is 326 g/mol. The first kappa shape index (κ1) is 17.8. The molecule has 3 N–H and O–H groups in total. The largest absolute Gasteiger partial charge is 0.388 e. The van der Waals surface area contributed by atoms with Crippen molar-refractivity contribution in [2.45, 2.75) is 74.8 Å². The van der Waals surface area contributed by atoms with Crippen molar-refractivity contribution in [1.29, 1.82) is 0 Å². The topological polar surface area (TPSA) is 69.9 Å². The Balaban J connectivity index is 2.23. The van der Waals surface area contributed by atoms with Gasteiger partial charge in [0, 0.05) is 4.90 Å². The Kier molecular flexibility index (Phi) is 5.24. The van der Waals surface area contributed by atoms with Gasteiger partial charge < -0.3 is 20.1 Å². The van der Waals surface area contributed by atoms with Gasteiger partial charge in [-0.2, -0.15) is 0 Å². The quantitative estimate of drug-likeness (QED) is 0.777. The van der Waals surface area contributed by atoms with Crippen molar-refractivity contribution in [3.8, 4) is 0 Å². The van der Waals surface area contributed by atoms with Gasteiger partial charge in [0.2, 0.25) is 0 Å². The second-order valence-corrected chi connectivity index (χ2v) is 8.17. The number of rotatable bonds is 2. The molecule has 1 saturated heterocycles. The summed E-state index contributed by atoms with van der Waals surface area (Å²) in [6.07, 6.45) is -3.88. The van der Waals surface area contributed by atoms with Gasteiger partial charge in [0.25, 0.3) is 0 Å². The highest BCUT2D eigenvalue weighted by Crippen LogP contribution is 2.36. The fraction of sp³-hybridized carbons (Fsp3) is 0.647. The zero-order chi connectivity index (χ0) is 16.7. The molecule has 0 aliphatic carbocycles. The fourth-order valence-electron chi connectivity index (χ4n) is 2.43. The van der Waals surface area contributed by atoms with Crippen molar-refractivity contribution in [2.75, 3.05) is 0 Å². The molecule has 1 aromatic rings. The summed E-state index contributed by atoms with van der Waals surface area (Å²) in [6, 6.07) is 6.28. The summed E-state index contributed by atoms with van der Waals surface area (Å²) in [5.74, 6) is 0. The summed E-state index contributed by atoms with van der Waals surface area (Å²) in [4.78, 5) is 1.02. The molecule has 1 fully saturated rings. The third kappa shape index (κ3) is 3.66. The van der Waals surface area contributed by atoms with E-state index in [0.717, 1.165) is 10.5 Å². The van der Waals surface area contributed by atoms with Crippen LogP contribution in [0.25, 0.3) is 0 Å². The second-order valence-electron chi connectivity index (χ2n) is 7.03. The van der Waals surface area contributed by atoms with E-state index < -0.39 is 29.9 Å². The van der Waals surface area contributed by atoms with E-state index in [-0.39, 0.29) is 5.41 Å². The van der Waals surface area contributed by atoms with E-state index in [0.29, 0.717) is 0 Å². The summed E-state index contributed by atoms with van der Waals surface area (Å²) >= 11 is 1.40.